The molecule has 0 aromatic heterocycles. The molecule has 2 saturated carbocycles. The maximum absolute atomic E-state index is 5.61. The number of hydrogen-bond acceptors (Lipinski definition) is 1. The molecular formula is C14H26O. The van der Waals surface area contributed by atoms with Gasteiger partial charge in [-0.1, -0.05) is 25.7 Å². The SMILES string of the molecule is CCOCC1CCCC2(CCCCC2)C1. The van der Waals surface area contributed by atoms with Crippen molar-refractivity contribution >= 4 is 0 Å². The third-order valence-electron chi connectivity index (χ3n) is 4.51. The van der Waals surface area contributed by atoms with E-state index in [0.29, 0.717) is 0 Å². The molecule has 88 valence electrons. The van der Waals surface area contributed by atoms with Gasteiger partial charge in [-0.25, -0.2) is 0 Å². The molecular weight excluding hydrogens is 184 g/mol. The molecule has 0 amide bonds. The van der Waals surface area contributed by atoms with Crippen molar-refractivity contribution in [2.45, 2.75) is 64.7 Å². The molecule has 2 fully saturated rings. The Hall–Kier alpha value is -0.0400. The topological polar surface area (TPSA) is 9.23 Å². The van der Waals surface area contributed by atoms with Gasteiger partial charge in [-0.05, 0) is 50.4 Å². The Morgan fingerprint density at radius 2 is 1.80 bits per heavy atom. The van der Waals surface area contributed by atoms with Gasteiger partial charge in [0, 0.05) is 13.2 Å². The molecule has 0 aromatic carbocycles. The van der Waals surface area contributed by atoms with E-state index in [1.807, 2.05) is 0 Å². The summed E-state index contributed by atoms with van der Waals surface area (Å²) in [6.45, 7) is 4.03. The first-order valence-electron chi connectivity index (χ1n) is 6.92. The van der Waals surface area contributed by atoms with Gasteiger partial charge in [-0.2, -0.15) is 0 Å². The maximum Gasteiger partial charge on any atom is 0.0494 e. The average molecular weight is 210 g/mol. The van der Waals surface area contributed by atoms with Crippen LogP contribution in [0.15, 0.2) is 0 Å². The number of ether oxygens (including phenoxy) is 1. The first-order chi connectivity index (χ1) is 7.35. The highest BCUT2D eigenvalue weighted by atomic mass is 16.5. The maximum atomic E-state index is 5.61. The summed E-state index contributed by atoms with van der Waals surface area (Å²) in [5, 5.41) is 0. The molecule has 1 heteroatoms. The largest absolute Gasteiger partial charge is 0.381 e. The predicted octanol–water partition coefficient (Wildman–Crippen LogP) is 4.16. The summed E-state index contributed by atoms with van der Waals surface area (Å²) in [6, 6.07) is 0. The molecule has 15 heavy (non-hydrogen) atoms. The van der Waals surface area contributed by atoms with Crippen molar-refractivity contribution in [3.63, 3.8) is 0 Å². The predicted molar refractivity (Wildman–Crippen MR) is 64.0 cm³/mol. The van der Waals surface area contributed by atoms with Crippen molar-refractivity contribution < 1.29 is 4.74 Å². The summed E-state index contributed by atoms with van der Waals surface area (Å²) in [5.74, 6) is 0.872. The van der Waals surface area contributed by atoms with Crippen molar-refractivity contribution in [2.75, 3.05) is 13.2 Å². The van der Waals surface area contributed by atoms with Crippen molar-refractivity contribution in [1.82, 2.24) is 0 Å². The van der Waals surface area contributed by atoms with Crippen LogP contribution in [0.5, 0.6) is 0 Å². The second-order valence-electron chi connectivity index (χ2n) is 5.68. The van der Waals surface area contributed by atoms with E-state index < -0.39 is 0 Å². The van der Waals surface area contributed by atoms with Gasteiger partial charge in [0.15, 0.2) is 0 Å². The zero-order valence-corrected chi connectivity index (χ0v) is 10.3. The van der Waals surface area contributed by atoms with Crippen molar-refractivity contribution in [2.24, 2.45) is 11.3 Å². The molecule has 0 heterocycles. The van der Waals surface area contributed by atoms with Gasteiger partial charge in [0.05, 0.1) is 0 Å². The zero-order chi connectivity index (χ0) is 10.6. The summed E-state index contributed by atoms with van der Waals surface area (Å²) in [6.07, 6.45) is 13.3. The van der Waals surface area contributed by atoms with Gasteiger partial charge in [0.1, 0.15) is 0 Å². The van der Waals surface area contributed by atoms with E-state index in [0.717, 1.165) is 24.5 Å². The number of rotatable bonds is 3. The highest BCUT2D eigenvalue weighted by Crippen LogP contribution is 2.49. The van der Waals surface area contributed by atoms with Crippen molar-refractivity contribution in [3.05, 3.63) is 0 Å². The van der Waals surface area contributed by atoms with E-state index in [2.05, 4.69) is 6.92 Å². The van der Waals surface area contributed by atoms with Crippen LogP contribution in [0.1, 0.15) is 64.7 Å². The van der Waals surface area contributed by atoms with Crippen LogP contribution in [0.25, 0.3) is 0 Å². The van der Waals surface area contributed by atoms with Crippen LogP contribution in [0.3, 0.4) is 0 Å². The Balaban J connectivity index is 1.85. The molecule has 2 rings (SSSR count). The second-order valence-corrected chi connectivity index (χ2v) is 5.68. The lowest BCUT2D eigenvalue weighted by Gasteiger charge is -2.43. The van der Waals surface area contributed by atoms with Crippen LogP contribution in [-0.2, 0) is 4.74 Å². The van der Waals surface area contributed by atoms with Crippen LogP contribution >= 0.6 is 0 Å². The quantitative estimate of drug-likeness (QED) is 0.679. The summed E-state index contributed by atoms with van der Waals surface area (Å²) in [4.78, 5) is 0. The van der Waals surface area contributed by atoms with Crippen molar-refractivity contribution in [1.29, 1.82) is 0 Å². The minimum atomic E-state index is 0.748. The first-order valence-corrected chi connectivity index (χ1v) is 6.92. The Morgan fingerprint density at radius 1 is 1.07 bits per heavy atom. The van der Waals surface area contributed by atoms with Gasteiger partial charge >= 0.3 is 0 Å². The van der Waals surface area contributed by atoms with E-state index >= 15 is 0 Å². The zero-order valence-electron chi connectivity index (χ0n) is 10.3. The molecule has 0 aromatic rings. The molecule has 1 unspecified atom stereocenters. The summed E-state index contributed by atoms with van der Waals surface area (Å²) < 4.78 is 5.61. The average Bonchev–Trinajstić information content (AvgIpc) is 2.28. The van der Waals surface area contributed by atoms with E-state index in [-0.39, 0.29) is 0 Å². The van der Waals surface area contributed by atoms with E-state index in [4.69, 9.17) is 4.74 Å². The van der Waals surface area contributed by atoms with Crippen LogP contribution in [0, 0.1) is 11.3 Å². The van der Waals surface area contributed by atoms with E-state index in [1.54, 1.807) is 0 Å². The Bertz CT molecular complexity index is 176. The Morgan fingerprint density at radius 3 is 2.53 bits per heavy atom. The highest BCUT2D eigenvalue weighted by molar-refractivity contribution is 4.88. The fraction of sp³-hybridized carbons (Fsp3) is 1.00. The molecule has 0 bridgehead atoms. The third-order valence-corrected chi connectivity index (χ3v) is 4.51. The summed E-state index contributed by atoms with van der Waals surface area (Å²) in [7, 11) is 0. The van der Waals surface area contributed by atoms with Gasteiger partial charge in [-0.3, -0.25) is 0 Å². The highest BCUT2D eigenvalue weighted by Gasteiger charge is 2.36. The molecule has 1 atom stereocenters. The molecule has 0 radical (unpaired) electrons. The fourth-order valence-electron chi connectivity index (χ4n) is 3.76. The smallest absolute Gasteiger partial charge is 0.0494 e. The van der Waals surface area contributed by atoms with E-state index in [1.165, 1.54) is 57.8 Å². The molecule has 0 aliphatic heterocycles. The van der Waals surface area contributed by atoms with Crippen molar-refractivity contribution in [3.8, 4) is 0 Å². The summed E-state index contributed by atoms with van der Waals surface area (Å²) >= 11 is 0. The third kappa shape index (κ3) is 2.96. The van der Waals surface area contributed by atoms with Crippen LogP contribution < -0.4 is 0 Å². The second kappa shape index (κ2) is 5.34. The van der Waals surface area contributed by atoms with Gasteiger partial charge in [0.2, 0.25) is 0 Å². The molecule has 1 nitrogen and oxygen atoms in total. The fourth-order valence-corrected chi connectivity index (χ4v) is 3.76. The number of hydrogen-bond donors (Lipinski definition) is 0. The first kappa shape index (κ1) is 11.4. The Labute approximate surface area is 94.6 Å². The molecule has 0 N–H and O–H groups in total. The minimum absolute atomic E-state index is 0.748. The summed E-state index contributed by atoms with van der Waals surface area (Å²) in [5.41, 5.74) is 0.748. The molecule has 2 aliphatic rings. The van der Waals surface area contributed by atoms with Crippen LogP contribution in [0.2, 0.25) is 0 Å². The van der Waals surface area contributed by atoms with Gasteiger partial charge in [-0.15, -0.1) is 0 Å². The molecule has 0 saturated heterocycles. The molecule has 2 aliphatic carbocycles. The minimum Gasteiger partial charge on any atom is -0.381 e. The van der Waals surface area contributed by atoms with Gasteiger partial charge in [0.25, 0.3) is 0 Å². The normalized spacial score (nSPS) is 30.6. The molecule has 1 spiro atoms. The standard InChI is InChI=1S/C14H26O/c1-2-15-12-13-7-6-10-14(11-13)8-4-3-5-9-14/h13H,2-12H2,1H3. The lowest BCUT2D eigenvalue weighted by atomic mass is 9.63. The van der Waals surface area contributed by atoms with Crippen LogP contribution in [0.4, 0.5) is 0 Å². The lowest BCUT2D eigenvalue weighted by Crippen LogP contribution is -2.32. The lowest BCUT2D eigenvalue weighted by molar-refractivity contribution is 0.0325. The monoisotopic (exact) mass is 210 g/mol. The van der Waals surface area contributed by atoms with Crippen LogP contribution in [-0.4, -0.2) is 13.2 Å². The van der Waals surface area contributed by atoms with Gasteiger partial charge < -0.3 is 4.74 Å². The van der Waals surface area contributed by atoms with E-state index in [9.17, 15) is 0 Å². The Kier molecular flexibility index (Phi) is 4.07.